The zero-order chi connectivity index (χ0) is 12.9. The summed E-state index contributed by atoms with van der Waals surface area (Å²) in [5, 5.41) is 9.59. The van der Waals surface area contributed by atoms with E-state index in [-0.39, 0.29) is 24.6 Å². The third-order valence-corrected chi connectivity index (χ3v) is 3.22. The highest BCUT2D eigenvalue weighted by Gasteiger charge is 2.11. The van der Waals surface area contributed by atoms with Crippen LogP contribution in [0.5, 0.6) is 0 Å². The van der Waals surface area contributed by atoms with Gasteiger partial charge in [-0.1, -0.05) is 0 Å². The van der Waals surface area contributed by atoms with Crippen molar-refractivity contribution >= 4 is 32.5 Å². The van der Waals surface area contributed by atoms with Gasteiger partial charge >= 0.3 is 5.97 Å². The number of nitrogens with two attached hydrogens (primary N) is 1. The number of sulfonamides is 1. The Balaban J connectivity index is 2.49. The number of aromatic nitrogens is 1. The van der Waals surface area contributed by atoms with Crippen molar-refractivity contribution in [1.82, 2.24) is 4.98 Å². The lowest BCUT2D eigenvalue weighted by Gasteiger charge is -2.00. The Bertz CT molecular complexity index is 483. The fourth-order valence-electron chi connectivity index (χ4n) is 0.954. The molecule has 0 atom stereocenters. The first-order valence-electron chi connectivity index (χ1n) is 4.79. The van der Waals surface area contributed by atoms with E-state index in [1.165, 1.54) is 16.7 Å². The minimum atomic E-state index is -3.49. The monoisotopic (exact) mass is 279 g/mol. The van der Waals surface area contributed by atoms with Crippen molar-refractivity contribution in [2.24, 2.45) is 5.14 Å². The molecule has 0 aliphatic rings. The highest BCUT2D eigenvalue weighted by molar-refractivity contribution is 7.89. The van der Waals surface area contributed by atoms with Gasteiger partial charge in [0.1, 0.15) is 0 Å². The molecule has 0 saturated carbocycles. The van der Waals surface area contributed by atoms with Gasteiger partial charge in [-0.2, -0.15) is 0 Å². The lowest BCUT2D eigenvalue weighted by molar-refractivity contribution is 0.0520. The van der Waals surface area contributed by atoms with E-state index >= 15 is 0 Å². The first-order valence-corrected chi connectivity index (χ1v) is 7.39. The van der Waals surface area contributed by atoms with E-state index in [0.29, 0.717) is 5.13 Å². The maximum atomic E-state index is 11.3. The molecule has 0 radical (unpaired) electrons. The average molecular weight is 279 g/mol. The summed E-state index contributed by atoms with van der Waals surface area (Å²) in [5.41, 5.74) is 0.204. The molecule has 0 saturated heterocycles. The lowest BCUT2D eigenvalue weighted by atomic mass is 10.5. The largest absolute Gasteiger partial charge is 0.461 e. The summed E-state index contributed by atoms with van der Waals surface area (Å²) in [4.78, 5) is 15.2. The van der Waals surface area contributed by atoms with Crippen molar-refractivity contribution in [2.75, 3.05) is 24.2 Å². The van der Waals surface area contributed by atoms with Crippen molar-refractivity contribution in [2.45, 2.75) is 6.92 Å². The topological polar surface area (TPSA) is 111 Å². The Morgan fingerprint density at radius 3 is 2.94 bits per heavy atom. The number of anilines is 1. The van der Waals surface area contributed by atoms with Crippen molar-refractivity contribution in [3.8, 4) is 0 Å². The number of ether oxygens (including phenoxy) is 1. The maximum Gasteiger partial charge on any atom is 0.357 e. The molecule has 17 heavy (non-hydrogen) atoms. The van der Waals surface area contributed by atoms with Crippen LogP contribution < -0.4 is 10.5 Å². The van der Waals surface area contributed by atoms with Gasteiger partial charge in [0, 0.05) is 11.9 Å². The Hall–Kier alpha value is -1.19. The van der Waals surface area contributed by atoms with Crippen LogP contribution in [0, 0.1) is 0 Å². The van der Waals surface area contributed by atoms with Gasteiger partial charge in [-0.05, 0) is 6.92 Å². The number of primary sulfonamides is 1. The second-order valence-corrected chi connectivity index (χ2v) is 5.64. The number of nitrogens with one attached hydrogen (secondary N) is 1. The van der Waals surface area contributed by atoms with Crippen LogP contribution in [0.4, 0.5) is 5.13 Å². The van der Waals surface area contributed by atoms with Crippen LogP contribution in [0.25, 0.3) is 0 Å². The zero-order valence-corrected chi connectivity index (χ0v) is 10.8. The van der Waals surface area contributed by atoms with Crippen LogP contribution in [-0.4, -0.2) is 38.3 Å². The molecule has 1 rings (SSSR count). The van der Waals surface area contributed by atoms with E-state index < -0.39 is 16.0 Å². The quantitative estimate of drug-likeness (QED) is 0.710. The third-order valence-electron chi connectivity index (χ3n) is 1.65. The summed E-state index contributed by atoms with van der Waals surface area (Å²) in [6.07, 6.45) is 0. The van der Waals surface area contributed by atoms with Crippen LogP contribution in [-0.2, 0) is 14.8 Å². The van der Waals surface area contributed by atoms with Crippen LogP contribution in [0.2, 0.25) is 0 Å². The molecule has 96 valence electrons. The smallest absolute Gasteiger partial charge is 0.357 e. The normalized spacial score (nSPS) is 11.2. The van der Waals surface area contributed by atoms with Gasteiger partial charge in [0.2, 0.25) is 10.0 Å². The van der Waals surface area contributed by atoms with Gasteiger partial charge in [-0.25, -0.2) is 23.3 Å². The Morgan fingerprint density at radius 1 is 1.65 bits per heavy atom. The third kappa shape index (κ3) is 5.11. The van der Waals surface area contributed by atoms with E-state index in [0.717, 1.165) is 0 Å². The molecule has 0 amide bonds. The summed E-state index contributed by atoms with van der Waals surface area (Å²) in [5.74, 6) is -0.690. The van der Waals surface area contributed by atoms with Gasteiger partial charge in [-0.3, -0.25) is 0 Å². The summed E-state index contributed by atoms with van der Waals surface area (Å²) < 4.78 is 26.1. The second-order valence-electron chi connectivity index (χ2n) is 3.05. The number of hydrogen-bond donors (Lipinski definition) is 2. The van der Waals surface area contributed by atoms with Crippen LogP contribution in [0.1, 0.15) is 17.4 Å². The standard InChI is InChI=1S/C8H13N3O4S2/c1-2-15-7(12)6-5-16-8(11-6)10-3-4-17(9,13)14/h5H,2-4H2,1H3,(H,10,11)(H2,9,13,14). The fourth-order valence-corrected chi connectivity index (χ4v) is 2.05. The molecule has 1 heterocycles. The van der Waals surface area contributed by atoms with Crippen molar-refractivity contribution in [3.05, 3.63) is 11.1 Å². The summed E-state index contributed by atoms with van der Waals surface area (Å²) >= 11 is 1.20. The first kappa shape index (κ1) is 13.9. The minimum Gasteiger partial charge on any atom is -0.461 e. The molecular weight excluding hydrogens is 266 g/mol. The number of hydrogen-bond acceptors (Lipinski definition) is 7. The second kappa shape index (κ2) is 5.94. The highest BCUT2D eigenvalue weighted by Crippen LogP contribution is 2.15. The number of esters is 1. The SMILES string of the molecule is CCOC(=O)c1csc(NCCS(N)(=O)=O)n1. The van der Waals surface area contributed by atoms with E-state index in [1.807, 2.05) is 0 Å². The molecule has 0 unspecified atom stereocenters. The van der Waals surface area contributed by atoms with Gasteiger partial charge in [0.25, 0.3) is 0 Å². The van der Waals surface area contributed by atoms with Gasteiger partial charge in [0.05, 0.1) is 12.4 Å². The Morgan fingerprint density at radius 2 is 2.35 bits per heavy atom. The maximum absolute atomic E-state index is 11.3. The zero-order valence-electron chi connectivity index (χ0n) is 9.17. The molecule has 0 fully saturated rings. The van der Waals surface area contributed by atoms with Crippen molar-refractivity contribution in [3.63, 3.8) is 0 Å². The van der Waals surface area contributed by atoms with Crippen LogP contribution >= 0.6 is 11.3 Å². The minimum absolute atomic E-state index is 0.147. The molecule has 0 bridgehead atoms. The molecule has 0 spiro atoms. The molecule has 0 aromatic carbocycles. The van der Waals surface area contributed by atoms with Crippen LogP contribution in [0.3, 0.4) is 0 Å². The molecule has 7 nitrogen and oxygen atoms in total. The Kier molecular flexibility index (Phi) is 4.85. The van der Waals surface area contributed by atoms with E-state index in [9.17, 15) is 13.2 Å². The lowest BCUT2D eigenvalue weighted by Crippen LogP contribution is -2.22. The molecule has 3 N–H and O–H groups in total. The molecule has 1 aromatic rings. The predicted octanol–water partition coefficient (Wildman–Crippen LogP) is 0.0202. The fraction of sp³-hybridized carbons (Fsp3) is 0.500. The van der Waals surface area contributed by atoms with E-state index in [1.54, 1.807) is 6.92 Å². The number of nitrogens with zero attached hydrogens (tertiary/aromatic N) is 1. The van der Waals surface area contributed by atoms with Gasteiger partial charge in [-0.15, -0.1) is 11.3 Å². The summed E-state index contributed by atoms with van der Waals surface area (Å²) in [6.45, 7) is 2.13. The van der Waals surface area contributed by atoms with Crippen LogP contribution in [0.15, 0.2) is 5.38 Å². The highest BCUT2D eigenvalue weighted by atomic mass is 32.2. The molecule has 0 aliphatic heterocycles. The molecule has 0 aliphatic carbocycles. The number of thiazole rings is 1. The van der Waals surface area contributed by atoms with Gasteiger partial charge in [0.15, 0.2) is 10.8 Å². The van der Waals surface area contributed by atoms with Crippen molar-refractivity contribution in [1.29, 1.82) is 0 Å². The Labute approximate surface area is 103 Å². The summed E-state index contributed by atoms with van der Waals surface area (Å²) in [7, 11) is -3.49. The number of carbonyl (C=O) groups is 1. The average Bonchev–Trinajstić information content (AvgIpc) is 2.65. The predicted molar refractivity (Wildman–Crippen MR) is 64.5 cm³/mol. The molecule has 1 aromatic heterocycles. The first-order chi connectivity index (χ1) is 7.92. The molecular formula is C8H13N3O4S2. The number of rotatable bonds is 6. The van der Waals surface area contributed by atoms with E-state index in [4.69, 9.17) is 9.88 Å². The van der Waals surface area contributed by atoms with Crippen molar-refractivity contribution < 1.29 is 17.9 Å². The van der Waals surface area contributed by atoms with E-state index in [2.05, 4.69) is 10.3 Å². The van der Waals surface area contributed by atoms with Gasteiger partial charge < -0.3 is 10.1 Å². The summed E-state index contributed by atoms with van der Waals surface area (Å²) in [6, 6.07) is 0. The molecule has 9 heteroatoms. The number of carbonyl (C=O) groups excluding carboxylic acids is 1.